The van der Waals surface area contributed by atoms with Gasteiger partial charge in [-0.3, -0.25) is 9.20 Å². The van der Waals surface area contributed by atoms with Gasteiger partial charge in [0.25, 0.3) is 0 Å². The largest absolute Gasteiger partial charge is 0.481 e. The zero-order valence-electron chi connectivity index (χ0n) is 13.8. The molecule has 0 aliphatic heterocycles. The van der Waals surface area contributed by atoms with Crippen LogP contribution in [0.1, 0.15) is 22.7 Å². The van der Waals surface area contributed by atoms with Crippen LogP contribution in [0.4, 0.5) is 0 Å². The van der Waals surface area contributed by atoms with Crippen LogP contribution in [0.25, 0.3) is 27.5 Å². The molecule has 3 heterocycles. The van der Waals surface area contributed by atoms with Gasteiger partial charge in [0.15, 0.2) is 0 Å². The summed E-state index contributed by atoms with van der Waals surface area (Å²) in [6.45, 7) is 0. The van der Waals surface area contributed by atoms with E-state index in [0.29, 0.717) is 27.5 Å². The zero-order chi connectivity index (χ0) is 19.0. The van der Waals surface area contributed by atoms with Crippen LogP contribution in [-0.2, 0) is 4.79 Å². The van der Waals surface area contributed by atoms with Crippen molar-refractivity contribution in [2.75, 3.05) is 0 Å². The molecule has 27 heavy (non-hydrogen) atoms. The van der Waals surface area contributed by atoms with E-state index in [9.17, 15) is 9.90 Å². The molecule has 1 N–H and O–H groups in total. The van der Waals surface area contributed by atoms with E-state index in [2.05, 4.69) is 32.0 Å². The van der Waals surface area contributed by atoms with E-state index < -0.39 is 5.97 Å². The Bertz CT molecular complexity index is 1270. The van der Waals surface area contributed by atoms with Gasteiger partial charge in [0, 0.05) is 16.2 Å². The Morgan fingerprint density at radius 3 is 3.00 bits per heavy atom. The van der Waals surface area contributed by atoms with Gasteiger partial charge in [-0.2, -0.15) is 5.26 Å². The Balaban J connectivity index is 1.86. The molecule has 3 aromatic heterocycles. The van der Waals surface area contributed by atoms with Crippen molar-refractivity contribution < 1.29 is 9.90 Å². The van der Waals surface area contributed by atoms with Crippen LogP contribution < -0.4 is 0 Å². The fourth-order valence-corrected chi connectivity index (χ4v) is 4.05. The molecule has 0 atom stereocenters. The third-order valence-electron chi connectivity index (χ3n) is 3.95. The van der Waals surface area contributed by atoms with Crippen LogP contribution in [-0.4, -0.2) is 25.4 Å². The van der Waals surface area contributed by atoms with Gasteiger partial charge in [-0.1, -0.05) is 15.9 Å². The number of hydrogen-bond donors (Lipinski definition) is 1. The number of benzene rings is 1. The van der Waals surface area contributed by atoms with Crippen molar-refractivity contribution in [2.45, 2.75) is 6.42 Å². The lowest BCUT2D eigenvalue weighted by Gasteiger charge is -2.02. The summed E-state index contributed by atoms with van der Waals surface area (Å²) in [5.74, 6) is -0.937. The van der Waals surface area contributed by atoms with E-state index in [1.165, 1.54) is 11.3 Å². The Hall–Kier alpha value is -3.02. The van der Waals surface area contributed by atoms with Crippen molar-refractivity contribution in [1.29, 1.82) is 5.26 Å². The topological polar surface area (TPSA) is 91.3 Å². The molecule has 0 aliphatic rings. The average molecular weight is 439 g/mol. The molecule has 0 unspecified atom stereocenters. The molecule has 0 fully saturated rings. The summed E-state index contributed by atoms with van der Waals surface area (Å²) in [5, 5.41) is 19.1. The zero-order valence-corrected chi connectivity index (χ0v) is 16.2. The standard InChI is InChI=1S/C19H11BrN4O2S/c20-13-2-3-16-15(7-13)23-19(27-16)12(6-18(25)26)5-14-9-22-17-4-1-11(8-21)10-24(14)17/h1-5,7,9-10H,6H2,(H,25,26)/b12-5+. The second-order valence-electron chi connectivity index (χ2n) is 5.81. The van der Waals surface area contributed by atoms with E-state index in [0.717, 1.165) is 14.7 Å². The SMILES string of the molecule is N#Cc1ccc2ncc(/C=C(\CC(=O)O)c3nc4cc(Br)ccc4s3)n2c1. The van der Waals surface area contributed by atoms with Gasteiger partial charge < -0.3 is 5.11 Å². The Morgan fingerprint density at radius 1 is 1.37 bits per heavy atom. The van der Waals surface area contributed by atoms with Crippen LogP contribution in [0.5, 0.6) is 0 Å². The van der Waals surface area contributed by atoms with Gasteiger partial charge in [-0.15, -0.1) is 11.3 Å². The van der Waals surface area contributed by atoms with E-state index in [1.807, 2.05) is 18.2 Å². The van der Waals surface area contributed by atoms with Crippen LogP contribution in [0, 0.1) is 11.3 Å². The molecule has 0 saturated heterocycles. The lowest BCUT2D eigenvalue weighted by atomic mass is 10.1. The van der Waals surface area contributed by atoms with E-state index in [1.54, 1.807) is 35.0 Å². The first-order valence-electron chi connectivity index (χ1n) is 7.89. The first-order valence-corrected chi connectivity index (χ1v) is 9.50. The summed E-state index contributed by atoms with van der Waals surface area (Å²) < 4.78 is 3.67. The van der Waals surface area contributed by atoms with Gasteiger partial charge in [-0.05, 0) is 36.4 Å². The summed E-state index contributed by atoms with van der Waals surface area (Å²) in [6.07, 6.45) is 4.94. The predicted octanol–water partition coefficient (Wildman–Crippen LogP) is 4.59. The molecular weight excluding hydrogens is 428 g/mol. The number of nitriles is 1. The third kappa shape index (κ3) is 3.47. The van der Waals surface area contributed by atoms with Gasteiger partial charge in [0.05, 0.1) is 34.1 Å². The lowest BCUT2D eigenvalue weighted by Crippen LogP contribution is -1.98. The minimum atomic E-state index is -0.937. The molecule has 1 aromatic carbocycles. The van der Waals surface area contributed by atoms with Crippen molar-refractivity contribution in [1.82, 2.24) is 14.4 Å². The van der Waals surface area contributed by atoms with E-state index >= 15 is 0 Å². The molecule has 6 nitrogen and oxygen atoms in total. The second kappa shape index (κ2) is 6.95. The molecule has 4 rings (SSSR count). The molecule has 132 valence electrons. The number of carbonyl (C=O) groups is 1. The fourth-order valence-electron chi connectivity index (χ4n) is 2.74. The number of aromatic nitrogens is 3. The molecule has 0 saturated carbocycles. The molecule has 4 aromatic rings. The minimum Gasteiger partial charge on any atom is -0.481 e. The van der Waals surface area contributed by atoms with Crippen molar-refractivity contribution >= 4 is 60.7 Å². The summed E-state index contributed by atoms with van der Waals surface area (Å²) in [5.41, 5.74) is 3.27. The van der Waals surface area contributed by atoms with Gasteiger partial charge in [-0.25, -0.2) is 9.97 Å². The average Bonchev–Trinajstić information content (AvgIpc) is 3.24. The number of carboxylic acids is 1. The number of rotatable bonds is 4. The number of thiazole rings is 1. The number of hydrogen-bond acceptors (Lipinski definition) is 5. The lowest BCUT2D eigenvalue weighted by molar-refractivity contribution is -0.135. The molecule has 0 spiro atoms. The Morgan fingerprint density at radius 2 is 2.22 bits per heavy atom. The molecule has 0 aliphatic carbocycles. The van der Waals surface area contributed by atoms with Crippen LogP contribution in [0.3, 0.4) is 0 Å². The van der Waals surface area contributed by atoms with Crippen LogP contribution >= 0.6 is 27.3 Å². The highest BCUT2D eigenvalue weighted by Crippen LogP contribution is 2.31. The molecular formula is C19H11BrN4O2S. The number of pyridine rings is 1. The fraction of sp³-hybridized carbons (Fsp3) is 0.0526. The van der Waals surface area contributed by atoms with E-state index in [-0.39, 0.29) is 6.42 Å². The Labute approximate surface area is 166 Å². The van der Waals surface area contributed by atoms with Gasteiger partial charge >= 0.3 is 5.97 Å². The summed E-state index contributed by atoms with van der Waals surface area (Å²) in [4.78, 5) is 20.3. The summed E-state index contributed by atoms with van der Waals surface area (Å²) in [6, 6.07) is 11.3. The number of halogens is 1. The molecule has 0 amide bonds. The second-order valence-corrected chi connectivity index (χ2v) is 7.76. The summed E-state index contributed by atoms with van der Waals surface area (Å²) in [7, 11) is 0. The maximum Gasteiger partial charge on any atom is 0.307 e. The monoisotopic (exact) mass is 438 g/mol. The van der Waals surface area contributed by atoms with Crippen LogP contribution in [0.15, 0.2) is 47.2 Å². The minimum absolute atomic E-state index is 0.161. The van der Waals surface area contributed by atoms with Gasteiger partial charge in [0.2, 0.25) is 0 Å². The number of imidazole rings is 1. The summed E-state index contributed by atoms with van der Waals surface area (Å²) >= 11 is 4.87. The van der Waals surface area contributed by atoms with Crippen molar-refractivity contribution in [3.63, 3.8) is 0 Å². The smallest absolute Gasteiger partial charge is 0.307 e. The number of carboxylic acid groups (broad SMARTS) is 1. The van der Waals surface area contributed by atoms with Gasteiger partial charge in [0.1, 0.15) is 16.7 Å². The maximum absolute atomic E-state index is 11.4. The van der Waals surface area contributed by atoms with Crippen LogP contribution in [0.2, 0.25) is 0 Å². The highest BCUT2D eigenvalue weighted by Gasteiger charge is 2.14. The first-order chi connectivity index (χ1) is 13.0. The highest BCUT2D eigenvalue weighted by molar-refractivity contribution is 9.10. The van der Waals surface area contributed by atoms with Crippen molar-refractivity contribution in [2.24, 2.45) is 0 Å². The predicted molar refractivity (Wildman–Crippen MR) is 107 cm³/mol. The molecule has 0 radical (unpaired) electrons. The maximum atomic E-state index is 11.4. The number of fused-ring (bicyclic) bond motifs is 2. The highest BCUT2D eigenvalue weighted by atomic mass is 79.9. The number of nitrogens with zero attached hydrogens (tertiary/aromatic N) is 4. The van der Waals surface area contributed by atoms with Crippen molar-refractivity contribution in [3.05, 3.63) is 63.5 Å². The normalized spacial score (nSPS) is 11.8. The quantitative estimate of drug-likeness (QED) is 0.502. The first kappa shape index (κ1) is 17.4. The Kier molecular flexibility index (Phi) is 4.48. The number of aliphatic carboxylic acids is 1. The van der Waals surface area contributed by atoms with Crippen molar-refractivity contribution in [3.8, 4) is 6.07 Å². The molecule has 0 bridgehead atoms. The third-order valence-corrected chi connectivity index (χ3v) is 5.56. The molecule has 8 heteroatoms. The van der Waals surface area contributed by atoms with E-state index in [4.69, 9.17) is 5.26 Å².